The van der Waals surface area contributed by atoms with Gasteiger partial charge in [0.2, 0.25) is 17.7 Å². The van der Waals surface area contributed by atoms with Gasteiger partial charge in [-0.05, 0) is 65.0 Å². The molecule has 2 heterocycles. The van der Waals surface area contributed by atoms with Gasteiger partial charge in [-0.25, -0.2) is 0 Å². The van der Waals surface area contributed by atoms with E-state index in [1.54, 1.807) is 4.90 Å². The maximum atomic E-state index is 12.8. The third-order valence-electron chi connectivity index (χ3n) is 5.96. The van der Waals surface area contributed by atoms with Gasteiger partial charge in [0.15, 0.2) is 0 Å². The van der Waals surface area contributed by atoms with Crippen LogP contribution in [0.15, 0.2) is 0 Å². The monoisotopic (exact) mass is 439 g/mol. The number of nitrogens with one attached hydrogen (secondary N) is 3. The number of carbonyl (C=O) groups excluding carboxylic acids is 3. The van der Waals surface area contributed by atoms with Crippen LogP contribution in [0, 0.1) is 11.8 Å². The van der Waals surface area contributed by atoms with Crippen molar-refractivity contribution in [3.8, 4) is 0 Å². The Balaban J connectivity index is 1.88. The molecule has 10 nitrogen and oxygen atoms in total. The fraction of sp³-hybridized carbons (Fsp3) is 0.810. The number of nitrogens with zero attached hydrogens (tertiary/aromatic N) is 1. The van der Waals surface area contributed by atoms with Crippen LogP contribution in [0.5, 0.6) is 0 Å². The highest BCUT2D eigenvalue weighted by molar-refractivity contribution is 5.87. The highest BCUT2D eigenvalue weighted by Crippen LogP contribution is 2.21. The third kappa shape index (κ3) is 8.45. The molecule has 0 aliphatic carbocycles. The SMILES string of the molecule is CC(C)(N)C(=O)N[C@H](CC(=O)O)NC(=O)[C@@H]1CCCN(C(=O)CCC2CCNCC2)C1. The summed E-state index contributed by atoms with van der Waals surface area (Å²) in [5, 5.41) is 17.5. The number of hydrogen-bond acceptors (Lipinski definition) is 6. The lowest BCUT2D eigenvalue weighted by Gasteiger charge is -2.33. The van der Waals surface area contributed by atoms with Crippen LogP contribution in [-0.4, -0.2) is 71.6 Å². The van der Waals surface area contributed by atoms with Crippen LogP contribution in [0.1, 0.15) is 58.8 Å². The molecule has 10 heteroatoms. The molecule has 0 saturated carbocycles. The molecule has 2 fully saturated rings. The Morgan fingerprint density at radius 3 is 2.45 bits per heavy atom. The molecular weight excluding hydrogens is 402 g/mol. The van der Waals surface area contributed by atoms with Crippen LogP contribution in [0.25, 0.3) is 0 Å². The molecule has 2 saturated heterocycles. The fourth-order valence-electron chi connectivity index (χ4n) is 4.02. The van der Waals surface area contributed by atoms with Crippen LogP contribution >= 0.6 is 0 Å². The average molecular weight is 440 g/mol. The van der Waals surface area contributed by atoms with E-state index in [2.05, 4.69) is 16.0 Å². The minimum atomic E-state index is -1.20. The van der Waals surface area contributed by atoms with Gasteiger partial charge >= 0.3 is 5.97 Å². The molecule has 0 unspecified atom stereocenters. The number of carboxylic acids is 1. The summed E-state index contributed by atoms with van der Waals surface area (Å²) in [7, 11) is 0. The van der Waals surface area contributed by atoms with E-state index in [-0.39, 0.29) is 11.8 Å². The second-order valence-electron chi connectivity index (χ2n) is 9.27. The molecule has 0 aromatic heterocycles. The van der Waals surface area contributed by atoms with E-state index in [1.165, 1.54) is 13.8 Å². The lowest BCUT2D eigenvalue weighted by molar-refractivity contribution is -0.138. The predicted molar refractivity (Wildman–Crippen MR) is 115 cm³/mol. The number of hydrogen-bond donors (Lipinski definition) is 5. The highest BCUT2D eigenvalue weighted by Gasteiger charge is 2.32. The second-order valence-corrected chi connectivity index (χ2v) is 9.27. The highest BCUT2D eigenvalue weighted by atomic mass is 16.4. The average Bonchev–Trinajstić information content (AvgIpc) is 2.71. The van der Waals surface area contributed by atoms with Gasteiger partial charge in [0.25, 0.3) is 0 Å². The van der Waals surface area contributed by atoms with Gasteiger partial charge in [0.05, 0.1) is 17.9 Å². The quantitative estimate of drug-likeness (QED) is 0.311. The maximum absolute atomic E-state index is 12.8. The Kier molecular flexibility index (Phi) is 9.24. The Bertz CT molecular complexity index is 657. The summed E-state index contributed by atoms with van der Waals surface area (Å²) in [5.74, 6) is -1.87. The minimum absolute atomic E-state index is 0.0660. The van der Waals surface area contributed by atoms with E-state index < -0.39 is 35.9 Å². The van der Waals surface area contributed by atoms with Crippen molar-refractivity contribution in [1.82, 2.24) is 20.9 Å². The zero-order valence-corrected chi connectivity index (χ0v) is 18.6. The Labute approximate surface area is 183 Å². The fourth-order valence-corrected chi connectivity index (χ4v) is 4.02. The second kappa shape index (κ2) is 11.4. The van der Waals surface area contributed by atoms with Crippen LogP contribution in [0.3, 0.4) is 0 Å². The number of carboxylic acid groups (broad SMARTS) is 1. The van der Waals surface area contributed by atoms with Gasteiger partial charge in [-0.3, -0.25) is 19.2 Å². The van der Waals surface area contributed by atoms with Crippen molar-refractivity contribution in [1.29, 1.82) is 0 Å². The zero-order valence-electron chi connectivity index (χ0n) is 18.6. The lowest BCUT2D eigenvalue weighted by Crippen LogP contribution is -2.58. The Hall–Kier alpha value is -2.20. The van der Waals surface area contributed by atoms with E-state index in [9.17, 15) is 19.2 Å². The Morgan fingerprint density at radius 1 is 1.16 bits per heavy atom. The molecule has 0 spiro atoms. The number of rotatable bonds is 9. The van der Waals surface area contributed by atoms with Crippen molar-refractivity contribution in [3.05, 3.63) is 0 Å². The normalized spacial score (nSPS) is 21.3. The van der Waals surface area contributed by atoms with E-state index in [0.29, 0.717) is 38.3 Å². The number of aliphatic carboxylic acids is 1. The summed E-state index contributed by atoms with van der Waals surface area (Å²) >= 11 is 0. The van der Waals surface area contributed by atoms with Crippen molar-refractivity contribution < 1.29 is 24.3 Å². The van der Waals surface area contributed by atoms with Gasteiger partial charge in [0.1, 0.15) is 6.17 Å². The van der Waals surface area contributed by atoms with E-state index >= 15 is 0 Å². The van der Waals surface area contributed by atoms with Gasteiger partial charge in [-0.1, -0.05) is 0 Å². The van der Waals surface area contributed by atoms with Crippen molar-refractivity contribution in [3.63, 3.8) is 0 Å². The summed E-state index contributed by atoms with van der Waals surface area (Å²) in [6, 6.07) is 0. The molecule has 2 aliphatic heterocycles. The molecule has 2 atom stereocenters. The molecule has 6 N–H and O–H groups in total. The van der Waals surface area contributed by atoms with E-state index in [0.717, 1.165) is 32.4 Å². The van der Waals surface area contributed by atoms with Gasteiger partial charge in [-0.15, -0.1) is 0 Å². The number of nitrogens with two attached hydrogens (primary N) is 1. The smallest absolute Gasteiger partial charge is 0.307 e. The molecule has 2 aliphatic rings. The molecule has 0 bridgehead atoms. The van der Waals surface area contributed by atoms with Gasteiger partial charge in [-0.2, -0.15) is 0 Å². The molecular formula is C21H37N5O5. The summed E-state index contributed by atoms with van der Waals surface area (Å²) < 4.78 is 0. The van der Waals surface area contributed by atoms with E-state index in [4.69, 9.17) is 10.8 Å². The summed E-state index contributed by atoms with van der Waals surface area (Å²) in [4.78, 5) is 50.4. The van der Waals surface area contributed by atoms with Crippen LogP contribution in [0.2, 0.25) is 0 Å². The molecule has 0 aromatic carbocycles. The topological polar surface area (TPSA) is 154 Å². The molecule has 2 rings (SSSR count). The van der Waals surface area contributed by atoms with Crippen molar-refractivity contribution >= 4 is 23.7 Å². The minimum Gasteiger partial charge on any atom is -0.481 e. The number of piperidine rings is 2. The van der Waals surface area contributed by atoms with Crippen molar-refractivity contribution in [2.75, 3.05) is 26.2 Å². The van der Waals surface area contributed by atoms with Crippen molar-refractivity contribution in [2.24, 2.45) is 17.6 Å². The standard InChI is InChI=1S/C21H37N5O5/c1-21(2,22)20(31)25-16(12-18(28)29)24-19(30)15-4-3-11-26(13-15)17(27)6-5-14-7-9-23-10-8-14/h14-16,23H,3-13,22H2,1-2H3,(H,24,30)(H,25,31)(H,28,29)/t15-,16-/m1/s1. The first-order valence-corrected chi connectivity index (χ1v) is 11.2. The first-order valence-electron chi connectivity index (χ1n) is 11.2. The summed E-state index contributed by atoms with van der Waals surface area (Å²) in [5.41, 5.74) is 4.54. The van der Waals surface area contributed by atoms with Crippen LogP contribution in [-0.2, 0) is 19.2 Å². The first-order chi connectivity index (χ1) is 14.6. The zero-order chi connectivity index (χ0) is 23.0. The molecule has 176 valence electrons. The third-order valence-corrected chi connectivity index (χ3v) is 5.96. The molecule has 0 radical (unpaired) electrons. The van der Waals surface area contributed by atoms with E-state index in [1.807, 2.05) is 0 Å². The van der Waals surface area contributed by atoms with Gasteiger partial charge < -0.3 is 31.7 Å². The summed E-state index contributed by atoms with van der Waals surface area (Å²) in [6.45, 7) is 5.94. The molecule has 31 heavy (non-hydrogen) atoms. The number of amides is 3. The number of carbonyl (C=O) groups is 4. The molecule has 0 aromatic rings. The van der Waals surface area contributed by atoms with Crippen LogP contribution < -0.4 is 21.7 Å². The number of likely N-dealkylation sites (tertiary alicyclic amines) is 1. The lowest BCUT2D eigenvalue weighted by atomic mass is 9.92. The predicted octanol–water partition coefficient (Wildman–Crippen LogP) is -0.225. The Morgan fingerprint density at radius 2 is 1.84 bits per heavy atom. The summed E-state index contributed by atoms with van der Waals surface area (Å²) in [6.07, 6.45) is 3.34. The van der Waals surface area contributed by atoms with Crippen molar-refractivity contribution in [2.45, 2.75) is 70.5 Å². The first kappa shape index (κ1) is 25.1. The van der Waals surface area contributed by atoms with Crippen LogP contribution in [0.4, 0.5) is 0 Å². The molecule has 3 amide bonds. The largest absolute Gasteiger partial charge is 0.481 e. The maximum Gasteiger partial charge on any atom is 0.307 e. The van der Waals surface area contributed by atoms with Gasteiger partial charge in [0, 0.05) is 19.5 Å².